The molecule has 0 aliphatic heterocycles. The van der Waals surface area contributed by atoms with Crippen LogP contribution in [-0.2, 0) is 4.74 Å². The highest BCUT2D eigenvalue weighted by atomic mass is 19.1. The van der Waals surface area contributed by atoms with Crippen LogP contribution in [0.2, 0.25) is 0 Å². The zero-order valence-electron chi connectivity index (χ0n) is 8.40. The Morgan fingerprint density at radius 2 is 1.93 bits per heavy atom. The van der Waals surface area contributed by atoms with Gasteiger partial charge >= 0.3 is 0 Å². The lowest BCUT2D eigenvalue weighted by atomic mass is 10.0. The minimum atomic E-state index is -0.689. The van der Waals surface area contributed by atoms with Gasteiger partial charge in [-0.2, -0.15) is 0 Å². The molecule has 0 aliphatic carbocycles. The van der Waals surface area contributed by atoms with Crippen LogP contribution in [0.1, 0.15) is 25.0 Å². The molecular formula is C11H15FO2. The molecule has 1 N–H and O–H groups in total. The number of methoxy groups -OCH3 is 1. The topological polar surface area (TPSA) is 29.5 Å². The van der Waals surface area contributed by atoms with Crippen molar-refractivity contribution in [2.24, 2.45) is 0 Å². The molecule has 14 heavy (non-hydrogen) atoms. The highest BCUT2D eigenvalue weighted by molar-refractivity contribution is 5.19. The smallest absolute Gasteiger partial charge is 0.123 e. The summed E-state index contributed by atoms with van der Waals surface area (Å²) in [6.07, 6.45) is -0.208. The van der Waals surface area contributed by atoms with Gasteiger partial charge in [-0.05, 0) is 24.1 Å². The summed E-state index contributed by atoms with van der Waals surface area (Å²) in [7, 11) is 1.56. The molecule has 0 amide bonds. The maximum atomic E-state index is 12.6. The van der Waals surface area contributed by atoms with Gasteiger partial charge in [-0.15, -0.1) is 0 Å². The first-order chi connectivity index (χ1) is 6.69. The van der Waals surface area contributed by atoms with Gasteiger partial charge in [-0.1, -0.05) is 19.1 Å². The zero-order valence-corrected chi connectivity index (χ0v) is 8.40. The SMILES string of the molecule is CCC(OC)C(O)c1ccc(F)cc1. The minimum Gasteiger partial charge on any atom is -0.386 e. The summed E-state index contributed by atoms with van der Waals surface area (Å²) in [6.45, 7) is 1.93. The van der Waals surface area contributed by atoms with E-state index >= 15 is 0 Å². The molecule has 1 rings (SSSR count). The number of aliphatic hydroxyl groups is 1. The van der Waals surface area contributed by atoms with E-state index in [0.29, 0.717) is 5.56 Å². The number of hydrogen-bond donors (Lipinski definition) is 1. The van der Waals surface area contributed by atoms with Crippen LogP contribution in [0.25, 0.3) is 0 Å². The van der Waals surface area contributed by atoms with Gasteiger partial charge in [0.2, 0.25) is 0 Å². The third-order valence-corrected chi connectivity index (χ3v) is 2.27. The first kappa shape index (κ1) is 11.1. The minimum absolute atomic E-state index is 0.236. The van der Waals surface area contributed by atoms with Crippen LogP contribution in [0, 0.1) is 5.82 Å². The van der Waals surface area contributed by atoms with Crippen LogP contribution >= 0.6 is 0 Å². The lowest BCUT2D eigenvalue weighted by Crippen LogP contribution is -2.19. The molecule has 1 aromatic carbocycles. The largest absolute Gasteiger partial charge is 0.386 e. The Morgan fingerprint density at radius 3 is 2.36 bits per heavy atom. The number of hydrogen-bond acceptors (Lipinski definition) is 2. The van der Waals surface area contributed by atoms with Crippen LogP contribution in [0.15, 0.2) is 24.3 Å². The molecule has 2 nitrogen and oxygen atoms in total. The molecule has 2 unspecified atom stereocenters. The Kier molecular flexibility index (Phi) is 4.04. The maximum Gasteiger partial charge on any atom is 0.123 e. The predicted octanol–water partition coefficient (Wildman–Crippen LogP) is 2.28. The molecular weight excluding hydrogens is 183 g/mol. The number of halogens is 1. The molecule has 0 bridgehead atoms. The Morgan fingerprint density at radius 1 is 1.36 bits per heavy atom. The van der Waals surface area contributed by atoms with Crippen molar-refractivity contribution >= 4 is 0 Å². The van der Waals surface area contributed by atoms with E-state index in [1.165, 1.54) is 12.1 Å². The molecule has 0 fully saturated rings. The summed E-state index contributed by atoms with van der Waals surface area (Å²) >= 11 is 0. The summed E-state index contributed by atoms with van der Waals surface area (Å²) in [5.74, 6) is -0.300. The Labute approximate surface area is 83.3 Å². The van der Waals surface area contributed by atoms with Gasteiger partial charge in [0.1, 0.15) is 11.9 Å². The highest BCUT2D eigenvalue weighted by Crippen LogP contribution is 2.20. The lowest BCUT2D eigenvalue weighted by Gasteiger charge is -2.20. The normalized spacial score (nSPS) is 15.1. The van der Waals surface area contributed by atoms with Gasteiger partial charge in [-0.25, -0.2) is 4.39 Å². The van der Waals surface area contributed by atoms with Crippen LogP contribution in [0.3, 0.4) is 0 Å². The van der Waals surface area contributed by atoms with Gasteiger partial charge in [-0.3, -0.25) is 0 Å². The molecule has 0 aromatic heterocycles. The van der Waals surface area contributed by atoms with E-state index in [4.69, 9.17) is 4.74 Å². The summed E-state index contributed by atoms with van der Waals surface area (Å²) in [5, 5.41) is 9.82. The van der Waals surface area contributed by atoms with Gasteiger partial charge < -0.3 is 9.84 Å². The fourth-order valence-electron chi connectivity index (χ4n) is 1.39. The Balaban J connectivity index is 2.77. The standard InChI is InChI=1S/C11H15FO2/c1-3-10(14-2)11(13)8-4-6-9(12)7-5-8/h4-7,10-11,13H,3H2,1-2H3. The molecule has 0 saturated carbocycles. The fourth-order valence-corrected chi connectivity index (χ4v) is 1.39. The second-order valence-electron chi connectivity index (χ2n) is 3.18. The summed E-state index contributed by atoms with van der Waals surface area (Å²) in [6, 6.07) is 5.81. The van der Waals surface area contributed by atoms with Gasteiger partial charge in [0.25, 0.3) is 0 Å². The van der Waals surface area contributed by atoms with Gasteiger partial charge in [0, 0.05) is 7.11 Å². The molecule has 0 spiro atoms. The van der Waals surface area contributed by atoms with Crippen molar-refractivity contribution in [1.82, 2.24) is 0 Å². The Bertz CT molecular complexity index is 267. The van der Waals surface area contributed by atoms with Crippen LogP contribution in [0.4, 0.5) is 4.39 Å². The third kappa shape index (κ3) is 2.53. The first-order valence-corrected chi connectivity index (χ1v) is 4.65. The average molecular weight is 198 g/mol. The van der Waals surface area contributed by atoms with Crippen molar-refractivity contribution < 1.29 is 14.2 Å². The van der Waals surface area contributed by atoms with Crippen molar-refractivity contribution in [2.75, 3.05) is 7.11 Å². The summed E-state index contributed by atoms with van der Waals surface area (Å²) in [5.41, 5.74) is 0.681. The van der Waals surface area contributed by atoms with Crippen molar-refractivity contribution in [3.8, 4) is 0 Å². The number of rotatable bonds is 4. The monoisotopic (exact) mass is 198 g/mol. The molecule has 0 aliphatic rings. The van der Waals surface area contributed by atoms with E-state index in [9.17, 15) is 9.50 Å². The van der Waals surface area contributed by atoms with Crippen molar-refractivity contribution in [1.29, 1.82) is 0 Å². The fraction of sp³-hybridized carbons (Fsp3) is 0.455. The maximum absolute atomic E-state index is 12.6. The second-order valence-corrected chi connectivity index (χ2v) is 3.18. The number of benzene rings is 1. The average Bonchev–Trinajstić information content (AvgIpc) is 2.20. The van der Waals surface area contributed by atoms with Crippen molar-refractivity contribution in [3.05, 3.63) is 35.6 Å². The van der Waals surface area contributed by atoms with E-state index in [2.05, 4.69) is 0 Å². The van der Waals surface area contributed by atoms with Crippen LogP contribution in [-0.4, -0.2) is 18.3 Å². The van der Waals surface area contributed by atoms with Crippen LogP contribution < -0.4 is 0 Å². The zero-order chi connectivity index (χ0) is 10.6. The second kappa shape index (κ2) is 5.08. The van der Waals surface area contributed by atoms with E-state index < -0.39 is 6.10 Å². The van der Waals surface area contributed by atoms with Crippen LogP contribution in [0.5, 0.6) is 0 Å². The Hall–Kier alpha value is -0.930. The van der Waals surface area contributed by atoms with E-state index in [1.54, 1.807) is 19.2 Å². The van der Waals surface area contributed by atoms with Crippen molar-refractivity contribution in [3.63, 3.8) is 0 Å². The highest BCUT2D eigenvalue weighted by Gasteiger charge is 2.18. The lowest BCUT2D eigenvalue weighted by molar-refractivity contribution is -0.0148. The molecule has 1 aromatic rings. The number of ether oxygens (including phenoxy) is 1. The third-order valence-electron chi connectivity index (χ3n) is 2.27. The molecule has 2 atom stereocenters. The molecule has 0 saturated heterocycles. The predicted molar refractivity (Wildman–Crippen MR) is 52.4 cm³/mol. The molecule has 0 radical (unpaired) electrons. The van der Waals surface area contributed by atoms with E-state index in [1.807, 2.05) is 6.92 Å². The van der Waals surface area contributed by atoms with Gasteiger partial charge in [0.15, 0.2) is 0 Å². The summed E-state index contributed by atoms with van der Waals surface area (Å²) < 4.78 is 17.7. The van der Waals surface area contributed by atoms with Crippen molar-refractivity contribution in [2.45, 2.75) is 25.6 Å². The van der Waals surface area contributed by atoms with E-state index in [-0.39, 0.29) is 11.9 Å². The summed E-state index contributed by atoms with van der Waals surface area (Å²) in [4.78, 5) is 0. The van der Waals surface area contributed by atoms with E-state index in [0.717, 1.165) is 6.42 Å². The molecule has 3 heteroatoms. The number of aliphatic hydroxyl groups excluding tert-OH is 1. The van der Waals surface area contributed by atoms with Gasteiger partial charge in [0.05, 0.1) is 6.10 Å². The molecule has 78 valence electrons. The quantitative estimate of drug-likeness (QED) is 0.804. The first-order valence-electron chi connectivity index (χ1n) is 4.65. The molecule has 0 heterocycles.